The van der Waals surface area contributed by atoms with Crippen LogP contribution in [0.5, 0.6) is 0 Å². The maximum Gasteiger partial charge on any atom is 0.0712 e. The van der Waals surface area contributed by atoms with Crippen molar-refractivity contribution in [2.45, 2.75) is 27.7 Å². The fraction of sp³-hybridized carbons (Fsp3) is 0.286. The van der Waals surface area contributed by atoms with Gasteiger partial charge in [-0.2, -0.15) is 0 Å². The smallest absolute Gasteiger partial charge is 0.0712 e. The fourth-order valence-electron chi connectivity index (χ4n) is 1.68. The fourth-order valence-corrected chi connectivity index (χ4v) is 1.68. The highest BCUT2D eigenvalue weighted by molar-refractivity contribution is 5.75. The Labute approximate surface area is 98.1 Å². The topological polar surface area (TPSA) is 29.3 Å². The molecule has 2 heteroatoms. The largest absolute Gasteiger partial charge is 0.397 e. The molecule has 0 aromatic heterocycles. The van der Waals surface area contributed by atoms with Gasteiger partial charge in [0.15, 0.2) is 0 Å². The maximum absolute atomic E-state index is 6.04. The molecule has 2 nitrogen and oxygen atoms in total. The van der Waals surface area contributed by atoms with Gasteiger partial charge in [-0.1, -0.05) is 18.2 Å². The van der Waals surface area contributed by atoms with Crippen LogP contribution in [0.15, 0.2) is 36.7 Å². The number of anilines is 2. The van der Waals surface area contributed by atoms with E-state index in [2.05, 4.69) is 24.8 Å². The first-order chi connectivity index (χ1) is 7.61. The van der Waals surface area contributed by atoms with E-state index < -0.39 is 0 Å². The van der Waals surface area contributed by atoms with E-state index in [0.717, 1.165) is 11.4 Å². The zero-order valence-corrected chi connectivity index (χ0v) is 10.5. The average Bonchev–Trinajstić information content (AvgIpc) is 2.25. The lowest BCUT2D eigenvalue weighted by Gasteiger charge is -2.21. The number of nitrogen functional groups attached to an aromatic ring is 1. The molecule has 1 aromatic rings. The standard InChI is InChI=1S/C14H20N2/c1-5-9-16(10-6-2)14-12(4)11(3)7-8-13(14)15/h5-10H,15H2,1-4H3. The van der Waals surface area contributed by atoms with Crippen molar-refractivity contribution in [1.82, 2.24) is 0 Å². The number of benzene rings is 1. The van der Waals surface area contributed by atoms with Gasteiger partial charge < -0.3 is 10.6 Å². The van der Waals surface area contributed by atoms with Crippen LogP contribution in [-0.2, 0) is 0 Å². The van der Waals surface area contributed by atoms with Gasteiger partial charge in [-0.25, -0.2) is 0 Å². The van der Waals surface area contributed by atoms with Crippen molar-refractivity contribution < 1.29 is 0 Å². The molecule has 2 N–H and O–H groups in total. The Hall–Kier alpha value is -1.70. The van der Waals surface area contributed by atoms with Crippen LogP contribution in [0.1, 0.15) is 25.0 Å². The molecule has 0 aliphatic rings. The zero-order chi connectivity index (χ0) is 12.1. The lowest BCUT2D eigenvalue weighted by Crippen LogP contribution is -2.11. The van der Waals surface area contributed by atoms with E-state index in [1.165, 1.54) is 11.1 Å². The molecular formula is C14H20N2. The second-order valence-electron chi connectivity index (χ2n) is 3.82. The number of hydrogen-bond acceptors (Lipinski definition) is 2. The Morgan fingerprint density at radius 3 is 2.12 bits per heavy atom. The van der Waals surface area contributed by atoms with Crippen LogP contribution in [0, 0.1) is 13.8 Å². The van der Waals surface area contributed by atoms with Crippen LogP contribution in [-0.4, -0.2) is 0 Å². The minimum absolute atomic E-state index is 0.805. The first kappa shape index (κ1) is 12.4. The van der Waals surface area contributed by atoms with Crippen LogP contribution in [0.25, 0.3) is 0 Å². The summed E-state index contributed by atoms with van der Waals surface area (Å²) in [6.45, 7) is 8.19. The number of allylic oxidation sites excluding steroid dienone is 2. The molecule has 1 rings (SSSR count). The molecule has 0 fully saturated rings. The van der Waals surface area contributed by atoms with Gasteiger partial charge in [0.25, 0.3) is 0 Å². The number of nitrogens with two attached hydrogens (primary N) is 1. The molecule has 0 heterocycles. The molecule has 86 valence electrons. The van der Waals surface area contributed by atoms with Gasteiger partial charge in [0.05, 0.1) is 11.4 Å². The van der Waals surface area contributed by atoms with E-state index in [1.54, 1.807) is 0 Å². The van der Waals surface area contributed by atoms with Gasteiger partial charge in [0.2, 0.25) is 0 Å². The van der Waals surface area contributed by atoms with E-state index >= 15 is 0 Å². The van der Waals surface area contributed by atoms with E-state index in [-0.39, 0.29) is 0 Å². The molecule has 0 amide bonds. The highest BCUT2D eigenvalue weighted by Gasteiger charge is 2.09. The van der Waals surface area contributed by atoms with E-state index in [1.807, 2.05) is 44.5 Å². The van der Waals surface area contributed by atoms with Crippen LogP contribution >= 0.6 is 0 Å². The summed E-state index contributed by atoms with van der Waals surface area (Å²) in [5.74, 6) is 0. The van der Waals surface area contributed by atoms with Crippen molar-refractivity contribution in [3.63, 3.8) is 0 Å². The van der Waals surface area contributed by atoms with Crippen LogP contribution in [0.2, 0.25) is 0 Å². The molecule has 0 radical (unpaired) electrons. The Morgan fingerprint density at radius 2 is 1.62 bits per heavy atom. The van der Waals surface area contributed by atoms with Gasteiger partial charge >= 0.3 is 0 Å². The summed E-state index contributed by atoms with van der Waals surface area (Å²) in [6, 6.07) is 4.01. The molecule has 16 heavy (non-hydrogen) atoms. The lowest BCUT2D eigenvalue weighted by molar-refractivity contribution is 1.21. The molecule has 1 aromatic carbocycles. The maximum atomic E-state index is 6.04. The molecule has 0 bridgehead atoms. The second-order valence-corrected chi connectivity index (χ2v) is 3.82. The summed E-state index contributed by atoms with van der Waals surface area (Å²) in [5.41, 5.74) is 10.4. The zero-order valence-electron chi connectivity index (χ0n) is 10.5. The minimum Gasteiger partial charge on any atom is -0.397 e. The van der Waals surface area contributed by atoms with Crippen molar-refractivity contribution in [3.05, 3.63) is 47.8 Å². The third-order valence-corrected chi connectivity index (χ3v) is 2.61. The quantitative estimate of drug-likeness (QED) is 0.779. The van der Waals surface area contributed by atoms with Crippen molar-refractivity contribution in [1.29, 1.82) is 0 Å². The van der Waals surface area contributed by atoms with Crippen LogP contribution in [0.3, 0.4) is 0 Å². The van der Waals surface area contributed by atoms with Crippen LogP contribution in [0.4, 0.5) is 11.4 Å². The Morgan fingerprint density at radius 1 is 1.06 bits per heavy atom. The molecule has 0 saturated heterocycles. The van der Waals surface area contributed by atoms with E-state index in [0.29, 0.717) is 0 Å². The van der Waals surface area contributed by atoms with Gasteiger partial charge in [-0.3, -0.25) is 0 Å². The summed E-state index contributed by atoms with van der Waals surface area (Å²) in [5, 5.41) is 0. The molecule has 0 saturated carbocycles. The van der Waals surface area contributed by atoms with Crippen molar-refractivity contribution >= 4 is 11.4 Å². The number of nitrogens with zero attached hydrogens (tertiary/aromatic N) is 1. The molecule has 0 aliphatic carbocycles. The first-order valence-electron chi connectivity index (χ1n) is 5.51. The third kappa shape index (κ3) is 2.45. The third-order valence-electron chi connectivity index (χ3n) is 2.61. The lowest BCUT2D eigenvalue weighted by atomic mass is 10.1. The molecular weight excluding hydrogens is 196 g/mol. The Balaban J connectivity index is 3.33. The van der Waals surface area contributed by atoms with Crippen molar-refractivity contribution in [3.8, 4) is 0 Å². The predicted molar refractivity (Wildman–Crippen MR) is 72.4 cm³/mol. The predicted octanol–water partition coefficient (Wildman–Crippen LogP) is 3.76. The van der Waals surface area contributed by atoms with Gasteiger partial charge in [-0.15, -0.1) is 0 Å². The first-order valence-corrected chi connectivity index (χ1v) is 5.51. The monoisotopic (exact) mass is 216 g/mol. The van der Waals surface area contributed by atoms with E-state index in [4.69, 9.17) is 5.73 Å². The van der Waals surface area contributed by atoms with Crippen molar-refractivity contribution in [2.75, 3.05) is 10.6 Å². The molecule has 0 aliphatic heterocycles. The van der Waals surface area contributed by atoms with Gasteiger partial charge in [0, 0.05) is 12.4 Å². The Bertz CT molecular complexity index is 405. The summed E-state index contributed by atoms with van der Waals surface area (Å²) in [4.78, 5) is 2.05. The second kappa shape index (κ2) is 5.40. The Kier molecular flexibility index (Phi) is 4.18. The molecule has 0 atom stereocenters. The number of hydrogen-bond donors (Lipinski definition) is 1. The van der Waals surface area contributed by atoms with Crippen molar-refractivity contribution in [2.24, 2.45) is 0 Å². The summed E-state index contributed by atoms with van der Waals surface area (Å²) in [6.07, 6.45) is 8.03. The highest BCUT2D eigenvalue weighted by atomic mass is 15.1. The summed E-state index contributed by atoms with van der Waals surface area (Å²) < 4.78 is 0. The average molecular weight is 216 g/mol. The van der Waals surface area contributed by atoms with Gasteiger partial charge in [-0.05, 0) is 44.9 Å². The highest BCUT2D eigenvalue weighted by Crippen LogP contribution is 2.30. The summed E-state index contributed by atoms with van der Waals surface area (Å²) in [7, 11) is 0. The molecule has 0 unspecified atom stereocenters. The van der Waals surface area contributed by atoms with E-state index in [9.17, 15) is 0 Å². The SMILES string of the molecule is CC=CN(C=CC)c1c(N)ccc(C)c1C. The van der Waals surface area contributed by atoms with Gasteiger partial charge in [0.1, 0.15) is 0 Å². The minimum atomic E-state index is 0.805. The number of rotatable bonds is 3. The normalized spacial score (nSPS) is 11.5. The van der Waals surface area contributed by atoms with Crippen LogP contribution < -0.4 is 10.6 Å². The molecule has 0 spiro atoms. The summed E-state index contributed by atoms with van der Waals surface area (Å²) >= 11 is 0. The number of aryl methyl sites for hydroxylation is 1.